The van der Waals surface area contributed by atoms with Crippen molar-refractivity contribution in [1.29, 1.82) is 10.5 Å². The number of benzene rings is 1. The molecule has 1 aromatic carbocycles. The van der Waals surface area contributed by atoms with Crippen molar-refractivity contribution in [2.24, 2.45) is 0 Å². The molecule has 0 saturated carbocycles. The van der Waals surface area contributed by atoms with Gasteiger partial charge in [0, 0.05) is 0 Å². The molecule has 1 aromatic rings. The molecule has 1 rings (SSSR count). The van der Waals surface area contributed by atoms with Gasteiger partial charge in [0.15, 0.2) is 12.1 Å². The fourth-order valence-corrected chi connectivity index (χ4v) is 0.714. The van der Waals surface area contributed by atoms with Crippen molar-refractivity contribution in [3.8, 4) is 12.1 Å². The highest BCUT2D eigenvalue weighted by molar-refractivity contribution is 7.59. The Morgan fingerprint density at radius 3 is 1.77 bits per heavy atom. The van der Waals surface area contributed by atoms with Crippen LogP contribution in [0.1, 0.15) is 12.5 Å². The monoisotopic (exact) mass is 192 g/mol. The summed E-state index contributed by atoms with van der Waals surface area (Å²) in [6, 6.07) is 12.9. The Hall–Kier alpha value is -1.45. The van der Waals surface area contributed by atoms with Crippen molar-refractivity contribution in [3.63, 3.8) is 0 Å². The van der Waals surface area contributed by atoms with E-state index in [1.165, 1.54) is 17.7 Å². The van der Waals surface area contributed by atoms with Crippen molar-refractivity contribution in [2.45, 2.75) is 13.3 Å². The third kappa shape index (κ3) is 8.46. The molecule has 0 atom stereocenters. The van der Waals surface area contributed by atoms with Crippen LogP contribution in [0, 0.1) is 22.7 Å². The lowest BCUT2D eigenvalue weighted by Crippen LogP contribution is -1.73. The van der Waals surface area contributed by atoms with E-state index in [-0.39, 0.29) is 13.5 Å². The van der Waals surface area contributed by atoms with Crippen molar-refractivity contribution >= 4 is 13.5 Å². The molecular formula is C10H12N2S. The summed E-state index contributed by atoms with van der Waals surface area (Å²) < 4.78 is 0. The van der Waals surface area contributed by atoms with E-state index in [4.69, 9.17) is 10.5 Å². The second kappa shape index (κ2) is 10.6. The standard InChI is InChI=1S/C8H10.C2N2.H2S/c1-2-8-6-4-3-5-7-8;3-1-2-4;/h3-7H,2H2,1H3;;1H2. The van der Waals surface area contributed by atoms with Gasteiger partial charge in [-0.05, 0) is 12.0 Å². The normalized spacial score (nSPS) is 6.38. The lowest BCUT2D eigenvalue weighted by atomic mass is 10.2. The summed E-state index contributed by atoms with van der Waals surface area (Å²) in [6.07, 6.45) is 1.14. The van der Waals surface area contributed by atoms with Crippen LogP contribution in [0.15, 0.2) is 30.3 Å². The molecule has 0 aliphatic rings. The Labute approximate surface area is 85.9 Å². The van der Waals surface area contributed by atoms with Gasteiger partial charge in [0.1, 0.15) is 0 Å². The van der Waals surface area contributed by atoms with Gasteiger partial charge in [0.25, 0.3) is 0 Å². The molecule has 2 nitrogen and oxygen atoms in total. The maximum atomic E-state index is 7.26. The maximum Gasteiger partial charge on any atom is 0.181 e. The number of aryl methyl sites for hydroxylation is 1. The lowest BCUT2D eigenvalue weighted by molar-refractivity contribution is 1.14. The van der Waals surface area contributed by atoms with Gasteiger partial charge in [-0.1, -0.05) is 37.3 Å². The molecule has 0 fully saturated rings. The van der Waals surface area contributed by atoms with Crippen LogP contribution < -0.4 is 0 Å². The largest absolute Gasteiger partial charge is 0.197 e. The average molecular weight is 192 g/mol. The molecule has 0 aliphatic heterocycles. The highest BCUT2D eigenvalue weighted by Gasteiger charge is 1.79. The Morgan fingerprint density at radius 1 is 1.08 bits per heavy atom. The smallest absolute Gasteiger partial charge is 0.181 e. The van der Waals surface area contributed by atoms with Crippen LogP contribution in [0.4, 0.5) is 0 Å². The zero-order valence-corrected chi connectivity index (χ0v) is 8.49. The summed E-state index contributed by atoms with van der Waals surface area (Å²) in [7, 11) is 0. The summed E-state index contributed by atoms with van der Waals surface area (Å²) in [6.45, 7) is 2.16. The fourth-order valence-electron chi connectivity index (χ4n) is 0.714. The van der Waals surface area contributed by atoms with E-state index in [1.54, 1.807) is 0 Å². The number of nitriles is 2. The first-order valence-electron chi connectivity index (χ1n) is 3.67. The quantitative estimate of drug-likeness (QED) is 0.686. The molecule has 0 saturated heterocycles. The minimum atomic E-state index is 0. The van der Waals surface area contributed by atoms with Gasteiger partial charge in [0.2, 0.25) is 0 Å². The second-order valence-corrected chi connectivity index (χ2v) is 2.06. The third-order valence-corrected chi connectivity index (χ3v) is 1.30. The summed E-state index contributed by atoms with van der Waals surface area (Å²) in [5, 5.41) is 14.5. The van der Waals surface area contributed by atoms with Gasteiger partial charge in [-0.3, -0.25) is 0 Å². The first-order valence-corrected chi connectivity index (χ1v) is 3.67. The Bertz CT molecular complexity index is 270. The predicted molar refractivity (Wildman–Crippen MR) is 57.4 cm³/mol. The Morgan fingerprint density at radius 2 is 1.54 bits per heavy atom. The maximum absolute atomic E-state index is 7.26. The molecule has 0 bridgehead atoms. The van der Waals surface area contributed by atoms with E-state index in [0.717, 1.165) is 6.42 Å². The van der Waals surface area contributed by atoms with Gasteiger partial charge in [-0.2, -0.15) is 24.0 Å². The number of nitrogens with zero attached hydrogens (tertiary/aromatic N) is 2. The molecular weight excluding hydrogens is 180 g/mol. The Kier molecular flexibility index (Phi) is 11.4. The van der Waals surface area contributed by atoms with E-state index < -0.39 is 0 Å². The van der Waals surface area contributed by atoms with E-state index >= 15 is 0 Å². The summed E-state index contributed by atoms with van der Waals surface area (Å²) in [5.41, 5.74) is 1.41. The minimum Gasteiger partial charge on any atom is -0.197 e. The molecule has 0 spiro atoms. The summed E-state index contributed by atoms with van der Waals surface area (Å²) >= 11 is 0. The van der Waals surface area contributed by atoms with Gasteiger partial charge < -0.3 is 0 Å². The highest BCUT2D eigenvalue weighted by Crippen LogP contribution is 1.96. The number of hydrogen-bond donors (Lipinski definition) is 0. The van der Waals surface area contributed by atoms with Gasteiger partial charge in [-0.25, -0.2) is 0 Å². The topological polar surface area (TPSA) is 47.6 Å². The van der Waals surface area contributed by atoms with Gasteiger partial charge >= 0.3 is 0 Å². The molecule has 68 valence electrons. The van der Waals surface area contributed by atoms with E-state index in [1.807, 2.05) is 6.07 Å². The fraction of sp³-hybridized carbons (Fsp3) is 0.200. The zero-order chi connectivity index (χ0) is 9.23. The van der Waals surface area contributed by atoms with Gasteiger partial charge in [-0.15, -0.1) is 0 Å². The summed E-state index contributed by atoms with van der Waals surface area (Å²) in [5.74, 6) is 0. The highest BCUT2D eigenvalue weighted by atomic mass is 32.1. The molecule has 13 heavy (non-hydrogen) atoms. The molecule has 0 N–H and O–H groups in total. The van der Waals surface area contributed by atoms with E-state index in [0.29, 0.717) is 0 Å². The average Bonchev–Trinajstić information content (AvgIpc) is 2.19. The first-order chi connectivity index (χ1) is 5.85. The molecule has 0 aromatic heterocycles. The second-order valence-electron chi connectivity index (χ2n) is 2.06. The van der Waals surface area contributed by atoms with Crippen LogP contribution in [0.25, 0.3) is 0 Å². The molecule has 0 radical (unpaired) electrons. The van der Waals surface area contributed by atoms with Crippen LogP contribution in [0.3, 0.4) is 0 Å². The van der Waals surface area contributed by atoms with E-state index in [9.17, 15) is 0 Å². The molecule has 0 amide bonds. The lowest BCUT2D eigenvalue weighted by Gasteiger charge is -1.89. The molecule has 3 heteroatoms. The van der Waals surface area contributed by atoms with Crippen LogP contribution >= 0.6 is 13.5 Å². The minimum absolute atomic E-state index is 0. The SMILES string of the molecule is CCc1ccccc1.N#CC#N.S. The van der Waals surface area contributed by atoms with Crippen molar-refractivity contribution in [2.75, 3.05) is 0 Å². The van der Waals surface area contributed by atoms with Crippen LogP contribution in [-0.2, 0) is 6.42 Å². The first kappa shape index (κ1) is 14.1. The number of hydrogen-bond acceptors (Lipinski definition) is 2. The van der Waals surface area contributed by atoms with Crippen LogP contribution in [0.5, 0.6) is 0 Å². The molecule has 0 aliphatic carbocycles. The van der Waals surface area contributed by atoms with E-state index in [2.05, 4.69) is 31.2 Å². The molecule has 0 unspecified atom stereocenters. The molecule has 0 heterocycles. The zero-order valence-electron chi connectivity index (χ0n) is 7.49. The number of rotatable bonds is 1. The third-order valence-electron chi connectivity index (χ3n) is 1.30. The predicted octanol–water partition coefficient (Wildman–Crippen LogP) is 2.40. The van der Waals surface area contributed by atoms with Crippen LogP contribution in [0.2, 0.25) is 0 Å². The van der Waals surface area contributed by atoms with Crippen molar-refractivity contribution in [3.05, 3.63) is 35.9 Å². The van der Waals surface area contributed by atoms with Crippen molar-refractivity contribution < 1.29 is 0 Å². The van der Waals surface area contributed by atoms with Gasteiger partial charge in [0.05, 0.1) is 0 Å². The van der Waals surface area contributed by atoms with Crippen LogP contribution in [-0.4, -0.2) is 0 Å². The Balaban J connectivity index is 0. The summed E-state index contributed by atoms with van der Waals surface area (Å²) in [4.78, 5) is 0. The van der Waals surface area contributed by atoms with Crippen molar-refractivity contribution in [1.82, 2.24) is 0 Å².